The summed E-state index contributed by atoms with van der Waals surface area (Å²) in [6, 6.07) is 1.73. The maximum atomic E-state index is 7.55. The van der Waals surface area contributed by atoms with Crippen molar-refractivity contribution in [3.05, 3.63) is 42.0 Å². The summed E-state index contributed by atoms with van der Waals surface area (Å²) in [4.78, 5) is 0. The van der Waals surface area contributed by atoms with Crippen LogP contribution in [0.5, 0.6) is 0 Å². The van der Waals surface area contributed by atoms with Crippen LogP contribution in [0.4, 0.5) is 0 Å². The van der Waals surface area contributed by atoms with E-state index in [1.165, 1.54) is 12.3 Å². The van der Waals surface area contributed by atoms with Gasteiger partial charge in [0.1, 0.15) is 0 Å². The molecule has 4 nitrogen and oxygen atoms in total. The molecule has 0 spiro atoms. The van der Waals surface area contributed by atoms with Gasteiger partial charge in [-0.15, -0.1) is 0 Å². The van der Waals surface area contributed by atoms with Crippen molar-refractivity contribution in [2.24, 2.45) is 11.5 Å². The zero-order valence-corrected chi connectivity index (χ0v) is 8.00. The van der Waals surface area contributed by atoms with E-state index in [-0.39, 0.29) is 5.71 Å². The lowest BCUT2D eigenvalue weighted by Crippen LogP contribution is -1.94. The van der Waals surface area contributed by atoms with Crippen LogP contribution in [0.3, 0.4) is 0 Å². The smallest absolute Gasteiger partial charge is 0.152 e. The molecule has 4 heteroatoms. The molecular weight excluding hydrogens is 178 g/mol. The molecule has 0 bridgehead atoms. The molecule has 0 aromatic carbocycles. The largest absolute Gasteiger partial charge is 0.453 e. The second-order valence-electron chi connectivity index (χ2n) is 2.92. The molecule has 74 valence electrons. The Morgan fingerprint density at radius 1 is 1.64 bits per heavy atom. The first-order valence-electron chi connectivity index (χ1n) is 4.08. The second-order valence-corrected chi connectivity index (χ2v) is 2.92. The molecule has 0 aliphatic carbocycles. The highest BCUT2D eigenvalue weighted by atomic mass is 16.3. The van der Waals surface area contributed by atoms with E-state index in [9.17, 15) is 0 Å². The minimum atomic E-state index is 0.211. The Morgan fingerprint density at radius 3 is 2.71 bits per heavy atom. The molecule has 5 N–H and O–H groups in total. The van der Waals surface area contributed by atoms with E-state index in [0.29, 0.717) is 17.2 Å². The normalized spacial score (nSPS) is 10.6. The van der Waals surface area contributed by atoms with E-state index in [0.717, 1.165) is 5.56 Å². The zero-order valence-electron chi connectivity index (χ0n) is 8.00. The molecule has 1 rings (SSSR count). The van der Waals surface area contributed by atoms with Crippen molar-refractivity contribution in [3.8, 4) is 0 Å². The summed E-state index contributed by atoms with van der Waals surface area (Å²) in [5.74, 6) is 0.959. The fourth-order valence-corrected chi connectivity index (χ4v) is 1.11. The van der Waals surface area contributed by atoms with Crippen LogP contribution in [-0.2, 0) is 0 Å². The lowest BCUT2D eigenvalue weighted by Gasteiger charge is -1.94. The number of nitrogens with two attached hydrogens (primary N) is 2. The van der Waals surface area contributed by atoms with Crippen LogP contribution in [0.15, 0.2) is 29.3 Å². The Labute approximate surface area is 82.4 Å². The third kappa shape index (κ3) is 1.85. The maximum Gasteiger partial charge on any atom is 0.152 e. The van der Waals surface area contributed by atoms with Gasteiger partial charge in [-0.05, 0) is 30.8 Å². The molecule has 1 aromatic rings. The standard InChI is InChI=1S/C10H13N3O/c1-6-5-9(8(13)3-4-11)14-10(6)7(2)12/h3-5,13H,2,11-12H2,1H3/b4-3-,13-8?. The van der Waals surface area contributed by atoms with Crippen LogP contribution in [-0.4, -0.2) is 5.71 Å². The Morgan fingerprint density at radius 2 is 2.29 bits per heavy atom. The van der Waals surface area contributed by atoms with Crippen molar-refractivity contribution in [3.63, 3.8) is 0 Å². The number of allylic oxidation sites excluding steroid dienone is 1. The van der Waals surface area contributed by atoms with Gasteiger partial charge < -0.3 is 15.9 Å². The van der Waals surface area contributed by atoms with Gasteiger partial charge in [0.2, 0.25) is 0 Å². The highest BCUT2D eigenvalue weighted by Gasteiger charge is 2.10. The fourth-order valence-electron chi connectivity index (χ4n) is 1.11. The molecule has 14 heavy (non-hydrogen) atoms. The van der Waals surface area contributed by atoms with Crippen LogP contribution in [0.25, 0.3) is 5.70 Å². The summed E-state index contributed by atoms with van der Waals surface area (Å²) in [7, 11) is 0. The zero-order chi connectivity index (χ0) is 10.7. The van der Waals surface area contributed by atoms with E-state index in [2.05, 4.69) is 6.58 Å². The first-order valence-corrected chi connectivity index (χ1v) is 4.08. The Bertz CT molecular complexity index is 401. The van der Waals surface area contributed by atoms with E-state index < -0.39 is 0 Å². The molecule has 0 radical (unpaired) electrons. The van der Waals surface area contributed by atoms with Gasteiger partial charge in [-0.3, -0.25) is 5.41 Å². The number of rotatable bonds is 3. The summed E-state index contributed by atoms with van der Waals surface area (Å²) >= 11 is 0. The SMILES string of the molecule is C=C(N)c1oc(C(=N)/C=C\N)cc1C. The third-order valence-corrected chi connectivity index (χ3v) is 1.74. The second kappa shape index (κ2) is 3.83. The van der Waals surface area contributed by atoms with Crippen molar-refractivity contribution in [2.75, 3.05) is 0 Å². The van der Waals surface area contributed by atoms with Crippen LogP contribution in [0, 0.1) is 12.3 Å². The van der Waals surface area contributed by atoms with Gasteiger partial charge in [-0.2, -0.15) is 0 Å². The molecule has 0 atom stereocenters. The van der Waals surface area contributed by atoms with Gasteiger partial charge in [-0.1, -0.05) is 6.58 Å². The lowest BCUT2D eigenvalue weighted by atomic mass is 10.2. The van der Waals surface area contributed by atoms with Gasteiger partial charge in [0.15, 0.2) is 11.5 Å². The number of furan rings is 1. The van der Waals surface area contributed by atoms with Crippen molar-refractivity contribution < 1.29 is 4.42 Å². The number of hydrogen-bond acceptors (Lipinski definition) is 4. The lowest BCUT2D eigenvalue weighted by molar-refractivity contribution is 0.541. The topological polar surface area (TPSA) is 89.0 Å². The predicted octanol–water partition coefficient (Wildman–Crippen LogP) is 1.36. The Hall–Kier alpha value is -1.97. The molecule has 1 aromatic heterocycles. The van der Waals surface area contributed by atoms with Crippen molar-refractivity contribution in [2.45, 2.75) is 6.92 Å². The minimum Gasteiger partial charge on any atom is -0.453 e. The van der Waals surface area contributed by atoms with Crippen LogP contribution in [0.1, 0.15) is 17.1 Å². The minimum absolute atomic E-state index is 0.211. The molecule has 0 fully saturated rings. The van der Waals surface area contributed by atoms with E-state index >= 15 is 0 Å². The summed E-state index contributed by atoms with van der Waals surface area (Å²) < 4.78 is 5.33. The summed E-state index contributed by atoms with van der Waals surface area (Å²) in [5.41, 5.74) is 12.1. The summed E-state index contributed by atoms with van der Waals surface area (Å²) in [6.45, 7) is 5.42. The molecule has 0 aliphatic rings. The van der Waals surface area contributed by atoms with Gasteiger partial charge in [0.05, 0.1) is 11.4 Å². The first kappa shape index (κ1) is 10.1. The van der Waals surface area contributed by atoms with Gasteiger partial charge in [0.25, 0.3) is 0 Å². The molecule has 0 unspecified atom stereocenters. The summed E-state index contributed by atoms with van der Waals surface area (Å²) in [6.07, 6.45) is 2.73. The molecule has 0 saturated heterocycles. The molecule has 0 amide bonds. The van der Waals surface area contributed by atoms with Crippen molar-refractivity contribution in [1.82, 2.24) is 0 Å². The van der Waals surface area contributed by atoms with E-state index in [1.54, 1.807) is 6.07 Å². The fraction of sp³-hybridized carbons (Fsp3) is 0.100. The molecular formula is C10H13N3O. The van der Waals surface area contributed by atoms with E-state index in [1.807, 2.05) is 6.92 Å². The maximum absolute atomic E-state index is 7.55. The number of aryl methyl sites for hydroxylation is 1. The van der Waals surface area contributed by atoms with E-state index in [4.69, 9.17) is 21.3 Å². The van der Waals surface area contributed by atoms with Gasteiger partial charge >= 0.3 is 0 Å². The van der Waals surface area contributed by atoms with Crippen molar-refractivity contribution >= 4 is 11.4 Å². The highest BCUT2D eigenvalue weighted by Crippen LogP contribution is 2.19. The third-order valence-electron chi connectivity index (χ3n) is 1.74. The number of hydrogen-bond donors (Lipinski definition) is 3. The number of nitrogens with one attached hydrogen (secondary N) is 1. The predicted molar refractivity (Wildman–Crippen MR) is 56.8 cm³/mol. The van der Waals surface area contributed by atoms with Crippen molar-refractivity contribution in [1.29, 1.82) is 5.41 Å². The molecule has 1 heterocycles. The highest BCUT2D eigenvalue weighted by molar-refractivity contribution is 6.04. The quantitative estimate of drug-likeness (QED) is 0.630. The van der Waals surface area contributed by atoms with Gasteiger partial charge in [-0.25, -0.2) is 0 Å². The first-order chi connectivity index (χ1) is 6.56. The Kier molecular flexibility index (Phi) is 2.76. The van der Waals surface area contributed by atoms with Crippen LogP contribution in [0.2, 0.25) is 0 Å². The van der Waals surface area contributed by atoms with Crippen LogP contribution >= 0.6 is 0 Å². The molecule has 0 saturated carbocycles. The molecule has 0 aliphatic heterocycles. The monoisotopic (exact) mass is 191 g/mol. The van der Waals surface area contributed by atoms with Crippen LogP contribution < -0.4 is 11.5 Å². The average Bonchev–Trinajstić information content (AvgIpc) is 2.48. The van der Waals surface area contributed by atoms with Gasteiger partial charge in [0, 0.05) is 0 Å². The summed E-state index contributed by atoms with van der Waals surface area (Å²) in [5, 5.41) is 7.55. The Balaban J connectivity index is 3.08. The average molecular weight is 191 g/mol.